The van der Waals surface area contributed by atoms with E-state index in [9.17, 15) is 51.1 Å². The summed E-state index contributed by atoms with van der Waals surface area (Å²) in [6, 6.07) is 8.78. The van der Waals surface area contributed by atoms with E-state index >= 15 is 0 Å². The van der Waals surface area contributed by atoms with Gasteiger partial charge in [0.2, 0.25) is 17.7 Å². The Morgan fingerprint density at radius 2 is 0.938 bits per heavy atom. The summed E-state index contributed by atoms with van der Waals surface area (Å²) in [4.78, 5) is 106. The molecule has 0 radical (unpaired) electrons. The number of carboxylic acid groups (broad SMARTS) is 1. The fraction of sp³-hybridized carbons (Fsp3) is 0.537. The van der Waals surface area contributed by atoms with Crippen molar-refractivity contribution in [3.8, 4) is 11.8 Å². The lowest BCUT2D eigenvalue weighted by atomic mass is 9.85. The van der Waals surface area contributed by atoms with Gasteiger partial charge in [0.05, 0.1) is 74.8 Å². The van der Waals surface area contributed by atoms with Crippen molar-refractivity contribution >= 4 is 64.2 Å². The van der Waals surface area contributed by atoms with Gasteiger partial charge in [0, 0.05) is 12.8 Å². The number of nitrogens with zero attached hydrogens (tertiary/aromatic N) is 6. The summed E-state index contributed by atoms with van der Waals surface area (Å²) in [6.07, 6.45) is 1.79. The van der Waals surface area contributed by atoms with Crippen LogP contribution in [0.15, 0.2) is 99.2 Å². The maximum absolute atomic E-state index is 14.9. The second-order valence-corrected chi connectivity index (χ2v) is 26.1. The number of methoxy groups -OCH3 is 2. The fourth-order valence-corrected chi connectivity index (χ4v) is 10.3. The SMILES string of the molecule is C=CC(F)(F)c1nc2ccccc2nc1O[C@@H]1C[C@@H](C(=O)OC)N(C(=O)OC(C)(C)C)C1.C=CCO[C@@H]1CC[C@H]1OC(=O)N[C@H](C(=O)N1C[C@H](Oc2nc3ccccc3nc2C(F)(F)C=C)C[C@H]1C(=O)OC)C(C)(C)C.C=CCO[C@@H]1CC[C@H]1OC(=O)N[C@H](C(=O)O)C(C)(C)C. The maximum atomic E-state index is 14.9. The summed E-state index contributed by atoms with van der Waals surface area (Å²) in [7, 11) is 2.37. The minimum absolute atomic E-state index is 0.0134. The number of alkyl halides is 4. The number of hydrogen-bond donors (Lipinski definition) is 3. The molecule has 4 amide bonds. The molecule has 524 valence electrons. The van der Waals surface area contributed by atoms with Gasteiger partial charge in [-0.05, 0) is 93.7 Å². The second-order valence-electron chi connectivity index (χ2n) is 26.1. The Hall–Kier alpha value is -8.99. The highest BCUT2D eigenvalue weighted by Crippen LogP contribution is 2.39. The van der Waals surface area contributed by atoms with Crippen LogP contribution in [0.4, 0.5) is 31.9 Å². The number of amides is 4. The zero-order valence-electron chi connectivity index (χ0n) is 55.8. The maximum Gasteiger partial charge on any atom is 0.411 e. The third-order valence-corrected chi connectivity index (χ3v) is 15.6. The first-order valence-electron chi connectivity index (χ1n) is 31.0. The van der Waals surface area contributed by atoms with Gasteiger partial charge in [-0.25, -0.2) is 48.7 Å². The van der Waals surface area contributed by atoms with Crippen LogP contribution in [0.1, 0.15) is 112 Å². The number of fused-ring (bicyclic) bond motifs is 2. The molecule has 0 spiro atoms. The zero-order chi connectivity index (χ0) is 71.3. The molecule has 4 aliphatic rings. The molecule has 10 atom stereocenters. The molecule has 25 nitrogen and oxygen atoms in total. The van der Waals surface area contributed by atoms with Gasteiger partial charge in [0.1, 0.15) is 54.2 Å². The highest BCUT2D eigenvalue weighted by Gasteiger charge is 2.49. The predicted molar refractivity (Wildman–Crippen MR) is 341 cm³/mol. The van der Waals surface area contributed by atoms with Crippen LogP contribution >= 0.6 is 0 Å². The number of aromatic nitrogens is 4. The smallest absolute Gasteiger partial charge is 0.411 e. The number of para-hydroxylation sites is 4. The van der Waals surface area contributed by atoms with Crippen molar-refractivity contribution in [3.05, 3.63) is 111 Å². The fourth-order valence-electron chi connectivity index (χ4n) is 10.3. The number of carbonyl (C=O) groups is 7. The zero-order valence-corrected chi connectivity index (χ0v) is 55.8. The molecule has 4 aromatic rings. The van der Waals surface area contributed by atoms with Gasteiger partial charge < -0.3 is 63.3 Å². The van der Waals surface area contributed by atoms with Gasteiger partial charge in [-0.3, -0.25) is 9.69 Å². The number of allylic oxidation sites excluding steroid dienone is 2. The lowest BCUT2D eigenvalue weighted by Crippen LogP contribution is -2.58. The predicted octanol–water partition coefficient (Wildman–Crippen LogP) is 10.1. The number of nitrogens with one attached hydrogen (secondary N) is 2. The Morgan fingerprint density at radius 3 is 1.27 bits per heavy atom. The van der Waals surface area contributed by atoms with Crippen LogP contribution in [0.3, 0.4) is 0 Å². The lowest BCUT2D eigenvalue weighted by molar-refractivity contribution is -0.152. The van der Waals surface area contributed by atoms with E-state index in [-0.39, 0.29) is 55.3 Å². The van der Waals surface area contributed by atoms with Crippen molar-refractivity contribution in [2.24, 2.45) is 10.8 Å². The van der Waals surface area contributed by atoms with Crippen LogP contribution in [0.2, 0.25) is 0 Å². The van der Waals surface area contributed by atoms with E-state index in [1.807, 2.05) is 0 Å². The molecule has 8 rings (SSSR count). The number of halogens is 4. The van der Waals surface area contributed by atoms with Crippen molar-refractivity contribution in [1.29, 1.82) is 0 Å². The number of aliphatic carboxylic acids is 1. The topological polar surface area (TPSA) is 305 Å². The van der Waals surface area contributed by atoms with Crippen LogP contribution < -0.4 is 20.1 Å². The van der Waals surface area contributed by atoms with E-state index in [4.69, 9.17) is 47.7 Å². The third kappa shape index (κ3) is 19.8. The monoisotopic (exact) mass is 1350 g/mol. The quantitative estimate of drug-likeness (QED) is 0.0285. The summed E-state index contributed by atoms with van der Waals surface area (Å²) in [6.45, 7) is 29.6. The summed E-state index contributed by atoms with van der Waals surface area (Å²) in [5.41, 5.74) is -2.45. The van der Waals surface area contributed by atoms with E-state index in [1.165, 1.54) is 24.0 Å². The Labute approximate surface area is 554 Å². The number of alkyl carbamates (subject to hydrolysis) is 2. The molecule has 29 heteroatoms. The van der Waals surface area contributed by atoms with Crippen LogP contribution in [0.5, 0.6) is 11.8 Å². The Kier molecular flexibility index (Phi) is 25.5. The molecule has 96 heavy (non-hydrogen) atoms. The molecular formula is C67H86F4N8O17. The Morgan fingerprint density at radius 1 is 0.573 bits per heavy atom. The molecule has 2 aromatic heterocycles. The van der Waals surface area contributed by atoms with Crippen molar-refractivity contribution in [1.82, 2.24) is 40.4 Å². The van der Waals surface area contributed by atoms with Crippen molar-refractivity contribution in [2.45, 2.75) is 179 Å². The number of carboxylic acids is 1. The van der Waals surface area contributed by atoms with E-state index < -0.39 is 136 Å². The lowest BCUT2D eigenvalue weighted by Gasteiger charge is -2.37. The van der Waals surface area contributed by atoms with Crippen molar-refractivity contribution in [2.75, 3.05) is 40.5 Å². The number of ether oxygens (including phenoxy) is 9. The second kappa shape index (κ2) is 32.2. The largest absolute Gasteiger partial charge is 0.480 e. The third-order valence-electron chi connectivity index (χ3n) is 15.6. The molecule has 2 aromatic carbocycles. The molecule has 2 saturated carbocycles. The first-order valence-corrected chi connectivity index (χ1v) is 31.0. The average Bonchev–Trinajstić information content (AvgIpc) is 1.35. The summed E-state index contributed by atoms with van der Waals surface area (Å²) >= 11 is 0. The molecule has 0 bridgehead atoms. The molecule has 4 fully saturated rings. The number of rotatable bonds is 22. The van der Waals surface area contributed by atoms with E-state index in [0.29, 0.717) is 42.8 Å². The van der Waals surface area contributed by atoms with E-state index in [0.717, 1.165) is 19.3 Å². The molecule has 2 saturated heterocycles. The van der Waals surface area contributed by atoms with Crippen LogP contribution in [0, 0.1) is 10.8 Å². The standard InChI is InChI=1S/C31H38F2N4O7.C22H25F2N3O5.C14H23NO5/c1-7-15-42-22-13-14-23(22)44-29(40)36-25(30(3,4)5)27(38)37-17-18(16-21(37)28(39)41-6)43-26-24(31(32,33)8-2)34-19-11-9-10-12-20(19)35-26;1-6-22(23,24)17-18(26-15-10-8-7-9-14(15)25-17)31-13-11-16(19(28)30-5)27(12-13)20(29)32-21(2,3)4;1-5-8-19-9-6-7-10(9)20-13(18)15-11(12(16)17)14(2,3)4/h7-12,18,21-23,25H,1-2,13-17H2,3-6H3,(H,36,40);6-10,13,16H,1,11-12H2,2-5H3;5,9-11H,1,6-8H2,2-4H3,(H,15,18)(H,16,17)/t18-,21+,22-,23-,25-;13-,16+;9-,10-,11-/m111/s1. The van der Waals surface area contributed by atoms with Gasteiger partial charge in [0.15, 0.2) is 11.4 Å². The number of carbonyl (C=O) groups excluding carboxylic acids is 6. The van der Waals surface area contributed by atoms with E-state index in [1.54, 1.807) is 123 Å². The number of likely N-dealkylation sites (tertiary alicyclic amines) is 2. The molecule has 2 aliphatic heterocycles. The molecule has 4 heterocycles. The van der Waals surface area contributed by atoms with Crippen LogP contribution in [-0.2, 0) is 64.2 Å². The normalized spacial score (nSPS) is 21.5. The van der Waals surface area contributed by atoms with E-state index in [2.05, 4.69) is 56.9 Å². The average molecular weight is 1350 g/mol. The molecular weight excluding hydrogens is 1260 g/mol. The first-order chi connectivity index (χ1) is 45.0. The minimum atomic E-state index is -3.57. The number of esters is 2. The molecule has 0 unspecified atom stereocenters. The van der Waals surface area contributed by atoms with Crippen molar-refractivity contribution in [3.63, 3.8) is 0 Å². The van der Waals surface area contributed by atoms with Crippen LogP contribution in [-0.4, -0.2) is 184 Å². The highest BCUT2D eigenvalue weighted by molar-refractivity contribution is 5.91. The Balaban J connectivity index is 0.000000245. The van der Waals surface area contributed by atoms with Crippen LogP contribution in [0.25, 0.3) is 22.1 Å². The summed E-state index contributed by atoms with van der Waals surface area (Å²) in [5, 5.41) is 14.2. The first kappa shape index (κ1) is 76.0. The van der Waals surface area contributed by atoms with Gasteiger partial charge in [-0.1, -0.05) is 91.1 Å². The number of hydrogen-bond acceptors (Lipinski definition) is 20. The van der Waals surface area contributed by atoms with Gasteiger partial charge in [0.25, 0.3) is 0 Å². The summed E-state index contributed by atoms with van der Waals surface area (Å²) < 4.78 is 107. The Bertz CT molecular complexity index is 3480. The number of benzene rings is 2. The molecule has 2 aliphatic carbocycles. The van der Waals surface area contributed by atoms with Gasteiger partial charge >= 0.3 is 48.0 Å². The molecule has 3 N–H and O–H groups in total. The van der Waals surface area contributed by atoms with Gasteiger partial charge in [-0.15, -0.1) is 13.2 Å². The summed E-state index contributed by atoms with van der Waals surface area (Å²) in [5.74, 6) is -11.0. The highest BCUT2D eigenvalue weighted by atomic mass is 19.3. The van der Waals surface area contributed by atoms with Crippen molar-refractivity contribution < 1.29 is 98.9 Å². The van der Waals surface area contributed by atoms with Gasteiger partial charge in [-0.2, -0.15) is 17.6 Å². The minimum Gasteiger partial charge on any atom is -0.480 e.